The molecule has 0 aliphatic carbocycles. The number of benzene rings is 2. The first-order valence-electron chi connectivity index (χ1n) is 7.46. The van der Waals surface area contributed by atoms with E-state index in [9.17, 15) is 4.79 Å². The van der Waals surface area contributed by atoms with Gasteiger partial charge in [0.15, 0.2) is 0 Å². The molecule has 0 fully saturated rings. The van der Waals surface area contributed by atoms with Crippen molar-refractivity contribution in [2.45, 2.75) is 13.0 Å². The minimum absolute atomic E-state index is 0.102. The third kappa shape index (κ3) is 3.61. The summed E-state index contributed by atoms with van der Waals surface area (Å²) < 4.78 is 0. The molecule has 0 saturated heterocycles. The molecule has 3 rings (SSSR count). The van der Waals surface area contributed by atoms with Crippen molar-refractivity contribution in [1.29, 1.82) is 0 Å². The van der Waals surface area contributed by atoms with E-state index in [1.54, 1.807) is 6.20 Å². The number of rotatable bonds is 4. The molecule has 2 aromatic carbocycles. The fourth-order valence-electron chi connectivity index (χ4n) is 2.37. The van der Waals surface area contributed by atoms with E-state index in [2.05, 4.69) is 39.6 Å². The molecule has 0 spiro atoms. The van der Waals surface area contributed by atoms with Crippen LogP contribution in [0.15, 0.2) is 73.2 Å². The number of aromatic nitrogens is 2. The lowest BCUT2D eigenvalue weighted by Crippen LogP contribution is -2.27. The molecule has 1 heterocycles. The van der Waals surface area contributed by atoms with E-state index in [1.165, 1.54) is 18.0 Å². The maximum absolute atomic E-state index is 12.1. The maximum Gasteiger partial charge on any atom is 0.271 e. The predicted octanol–water partition coefficient (Wildman–Crippen LogP) is 3.63. The van der Waals surface area contributed by atoms with Crippen molar-refractivity contribution in [2.75, 3.05) is 0 Å². The molecular formula is C19H17N3O. The normalized spacial score (nSPS) is 11.7. The molecule has 1 amide bonds. The van der Waals surface area contributed by atoms with Crippen LogP contribution in [0.3, 0.4) is 0 Å². The summed E-state index contributed by atoms with van der Waals surface area (Å²) in [7, 11) is 0. The molecule has 0 aliphatic heterocycles. The Morgan fingerprint density at radius 3 is 2.30 bits per heavy atom. The third-order valence-corrected chi connectivity index (χ3v) is 3.66. The standard InChI is InChI=1S/C19H17N3O/c1-14(22-19(23)18-13-20-11-12-21-18)15-7-9-17(10-8-15)16-5-3-2-4-6-16/h2-14H,1H3,(H,22,23). The van der Waals surface area contributed by atoms with E-state index < -0.39 is 0 Å². The smallest absolute Gasteiger partial charge is 0.271 e. The fourth-order valence-corrected chi connectivity index (χ4v) is 2.37. The number of nitrogens with one attached hydrogen (secondary N) is 1. The number of hydrogen-bond acceptors (Lipinski definition) is 3. The maximum atomic E-state index is 12.1. The minimum Gasteiger partial charge on any atom is -0.344 e. The first kappa shape index (κ1) is 14.9. The molecule has 4 nitrogen and oxygen atoms in total. The third-order valence-electron chi connectivity index (χ3n) is 3.66. The molecule has 0 bridgehead atoms. The SMILES string of the molecule is CC(NC(=O)c1cnccn1)c1ccc(-c2ccccc2)cc1. The molecule has 0 saturated carbocycles. The van der Waals surface area contributed by atoms with Crippen molar-refractivity contribution in [3.05, 3.63) is 84.4 Å². The summed E-state index contributed by atoms with van der Waals surface area (Å²) in [5.74, 6) is -0.224. The van der Waals surface area contributed by atoms with E-state index >= 15 is 0 Å². The van der Waals surface area contributed by atoms with Gasteiger partial charge in [0, 0.05) is 12.4 Å². The van der Waals surface area contributed by atoms with E-state index in [4.69, 9.17) is 0 Å². The Kier molecular flexibility index (Phi) is 4.43. The van der Waals surface area contributed by atoms with Crippen LogP contribution in [0.25, 0.3) is 11.1 Å². The second kappa shape index (κ2) is 6.83. The van der Waals surface area contributed by atoms with Crippen molar-refractivity contribution in [2.24, 2.45) is 0 Å². The van der Waals surface area contributed by atoms with Gasteiger partial charge in [0.05, 0.1) is 12.2 Å². The van der Waals surface area contributed by atoms with Crippen LogP contribution in [0.4, 0.5) is 0 Å². The van der Waals surface area contributed by atoms with Crippen LogP contribution in [0.2, 0.25) is 0 Å². The summed E-state index contributed by atoms with van der Waals surface area (Å²) in [5, 5.41) is 2.93. The number of nitrogens with zero attached hydrogens (tertiary/aromatic N) is 2. The van der Waals surface area contributed by atoms with Crippen molar-refractivity contribution in [1.82, 2.24) is 15.3 Å². The van der Waals surface area contributed by atoms with Gasteiger partial charge in [-0.2, -0.15) is 0 Å². The monoisotopic (exact) mass is 303 g/mol. The van der Waals surface area contributed by atoms with Crippen LogP contribution in [-0.4, -0.2) is 15.9 Å². The summed E-state index contributed by atoms with van der Waals surface area (Å²) >= 11 is 0. The highest BCUT2D eigenvalue weighted by Gasteiger charge is 2.12. The molecule has 1 unspecified atom stereocenters. The Morgan fingerprint density at radius 1 is 0.957 bits per heavy atom. The first-order chi connectivity index (χ1) is 11.2. The number of carbonyl (C=O) groups excluding carboxylic acids is 1. The molecule has 0 aliphatic rings. The Bertz CT molecular complexity index is 771. The Labute approximate surface area is 135 Å². The zero-order chi connectivity index (χ0) is 16.1. The molecule has 3 aromatic rings. The van der Waals surface area contributed by atoms with Gasteiger partial charge >= 0.3 is 0 Å². The summed E-state index contributed by atoms with van der Waals surface area (Å²) in [5.41, 5.74) is 3.69. The first-order valence-corrected chi connectivity index (χ1v) is 7.46. The predicted molar refractivity (Wildman–Crippen MR) is 89.8 cm³/mol. The van der Waals surface area contributed by atoms with Gasteiger partial charge in [-0.05, 0) is 23.6 Å². The molecule has 0 radical (unpaired) electrons. The summed E-state index contributed by atoms with van der Waals surface area (Å²) in [4.78, 5) is 20.0. The van der Waals surface area contributed by atoms with Crippen molar-refractivity contribution >= 4 is 5.91 Å². The zero-order valence-electron chi connectivity index (χ0n) is 12.8. The molecule has 4 heteroatoms. The van der Waals surface area contributed by atoms with Gasteiger partial charge in [-0.3, -0.25) is 9.78 Å². The van der Waals surface area contributed by atoms with Crippen LogP contribution in [0.1, 0.15) is 29.0 Å². The highest BCUT2D eigenvalue weighted by Crippen LogP contribution is 2.21. The summed E-state index contributed by atoms with van der Waals surface area (Å²) in [6.07, 6.45) is 4.51. The highest BCUT2D eigenvalue weighted by atomic mass is 16.1. The lowest BCUT2D eigenvalue weighted by molar-refractivity contribution is 0.0934. The summed E-state index contributed by atoms with van der Waals surface area (Å²) in [6, 6.07) is 18.3. The van der Waals surface area contributed by atoms with Crippen molar-refractivity contribution < 1.29 is 4.79 Å². The number of amides is 1. The summed E-state index contributed by atoms with van der Waals surface area (Å²) in [6.45, 7) is 1.95. The molecule has 114 valence electrons. The van der Waals surface area contributed by atoms with Crippen LogP contribution in [-0.2, 0) is 0 Å². The zero-order valence-corrected chi connectivity index (χ0v) is 12.8. The van der Waals surface area contributed by atoms with Gasteiger partial charge in [0.25, 0.3) is 5.91 Å². The van der Waals surface area contributed by atoms with Gasteiger partial charge in [-0.15, -0.1) is 0 Å². The van der Waals surface area contributed by atoms with Crippen LogP contribution < -0.4 is 5.32 Å². The van der Waals surface area contributed by atoms with Gasteiger partial charge in [-0.25, -0.2) is 4.98 Å². The second-order valence-corrected chi connectivity index (χ2v) is 5.27. The highest BCUT2D eigenvalue weighted by molar-refractivity contribution is 5.92. The second-order valence-electron chi connectivity index (χ2n) is 5.27. The van der Waals surface area contributed by atoms with Crippen molar-refractivity contribution in [3.63, 3.8) is 0 Å². The topological polar surface area (TPSA) is 54.9 Å². The van der Waals surface area contributed by atoms with Crippen LogP contribution in [0.5, 0.6) is 0 Å². The van der Waals surface area contributed by atoms with E-state index in [-0.39, 0.29) is 11.9 Å². The fraction of sp³-hybridized carbons (Fsp3) is 0.105. The largest absolute Gasteiger partial charge is 0.344 e. The Hall–Kier alpha value is -3.01. The average molecular weight is 303 g/mol. The minimum atomic E-state index is -0.224. The van der Waals surface area contributed by atoms with Crippen molar-refractivity contribution in [3.8, 4) is 11.1 Å². The van der Waals surface area contributed by atoms with E-state index in [0.717, 1.165) is 11.1 Å². The molecule has 1 N–H and O–H groups in total. The molecule has 1 aromatic heterocycles. The number of hydrogen-bond donors (Lipinski definition) is 1. The van der Waals surface area contributed by atoms with Crippen LogP contribution >= 0.6 is 0 Å². The Balaban J connectivity index is 1.71. The number of carbonyl (C=O) groups is 1. The van der Waals surface area contributed by atoms with Gasteiger partial charge in [0.1, 0.15) is 5.69 Å². The van der Waals surface area contributed by atoms with Gasteiger partial charge in [-0.1, -0.05) is 54.6 Å². The molecule has 23 heavy (non-hydrogen) atoms. The van der Waals surface area contributed by atoms with E-state index in [1.807, 2.05) is 37.3 Å². The lowest BCUT2D eigenvalue weighted by atomic mass is 10.0. The van der Waals surface area contributed by atoms with E-state index in [0.29, 0.717) is 5.69 Å². The van der Waals surface area contributed by atoms with Crippen LogP contribution in [0, 0.1) is 0 Å². The van der Waals surface area contributed by atoms with Gasteiger partial charge in [0.2, 0.25) is 0 Å². The van der Waals surface area contributed by atoms with Gasteiger partial charge < -0.3 is 5.32 Å². The quantitative estimate of drug-likeness (QED) is 0.800. The molecular weight excluding hydrogens is 286 g/mol. The Morgan fingerprint density at radius 2 is 1.65 bits per heavy atom. The molecule has 1 atom stereocenters. The average Bonchev–Trinajstić information content (AvgIpc) is 2.63. The lowest BCUT2D eigenvalue weighted by Gasteiger charge is -2.14.